The average molecular weight is 414 g/mol. The quantitative estimate of drug-likeness (QED) is 0.575. The van der Waals surface area contributed by atoms with Gasteiger partial charge in [-0.05, 0) is 89.5 Å². The first kappa shape index (κ1) is 17.5. The van der Waals surface area contributed by atoms with Crippen molar-refractivity contribution in [2.45, 2.75) is 38.5 Å². The molecule has 1 heterocycles. The molecule has 3 aromatic rings. The van der Waals surface area contributed by atoms with Crippen molar-refractivity contribution in [2.75, 3.05) is 14.2 Å². The SMILES string of the molecule is COc1ccc(CC2CCCc3c2[nH]c2c(Br)cc(C)cc32)cc1OC. The molecule has 26 heavy (non-hydrogen) atoms. The second-order valence-electron chi connectivity index (χ2n) is 7.17. The third-order valence-electron chi connectivity index (χ3n) is 5.46. The Hall–Kier alpha value is -1.94. The summed E-state index contributed by atoms with van der Waals surface area (Å²) >= 11 is 3.73. The van der Waals surface area contributed by atoms with Crippen molar-refractivity contribution in [3.63, 3.8) is 0 Å². The highest BCUT2D eigenvalue weighted by atomic mass is 79.9. The van der Waals surface area contributed by atoms with Gasteiger partial charge in [0, 0.05) is 21.5 Å². The minimum absolute atomic E-state index is 0.511. The zero-order valence-corrected chi connectivity index (χ0v) is 17.1. The lowest BCUT2D eigenvalue weighted by molar-refractivity contribution is 0.354. The Balaban J connectivity index is 1.71. The third kappa shape index (κ3) is 3.01. The number of fused-ring (bicyclic) bond motifs is 3. The average Bonchev–Trinajstić information content (AvgIpc) is 3.02. The largest absolute Gasteiger partial charge is 0.493 e. The van der Waals surface area contributed by atoms with Crippen LogP contribution in [0.1, 0.15) is 41.1 Å². The van der Waals surface area contributed by atoms with Gasteiger partial charge in [-0.1, -0.05) is 6.07 Å². The molecule has 1 N–H and O–H groups in total. The molecule has 4 heteroatoms. The molecule has 0 amide bonds. The monoisotopic (exact) mass is 413 g/mol. The van der Waals surface area contributed by atoms with Crippen molar-refractivity contribution in [2.24, 2.45) is 0 Å². The zero-order valence-electron chi connectivity index (χ0n) is 15.5. The highest BCUT2D eigenvalue weighted by molar-refractivity contribution is 9.10. The molecule has 1 aliphatic carbocycles. The van der Waals surface area contributed by atoms with Crippen molar-refractivity contribution >= 4 is 26.8 Å². The Kier molecular flexibility index (Phi) is 4.70. The first-order chi connectivity index (χ1) is 12.6. The van der Waals surface area contributed by atoms with Crippen LogP contribution in [0.2, 0.25) is 0 Å². The molecule has 136 valence electrons. The van der Waals surface area contributed by atoms with E-state index in [4.69, 9.17) is 9.47 Å². The minimum Gasteiger partial charge on any atom is -0.493 e. The van der Waals surface area contributed by atoms with E-state index in [1.54, 1.807) is 14.2 Å². The topological polar surface area (TPSA) is 34.2 Å². The number of ether oxygens (including phenoxy) is 2. The van der Waals surface area contributed by atoms with Gasteiger partial charge in [0.1, 0.15) is 0 Å². The lowest BCUT2D eigenvalue weighted by atomic mass is 9.83. The standard InChI is InChI=1S/C22H24BrNO2/c1-13-9-17-16-6-4-5-15(21(16)24-22(17)18(23)10-13)11-14-7-8-19(25-2)20(12-14)26-3/h7-10,12,15,24H,4-6,11H2,1-3H3. The van der Waals surface area contributed by atoms with Crippen molar-refractivity contribution in [1.82, 2.24) is 4.98 Å². The van der Waals surface area contributed by atoms with Crippen LogP contribution in [0.4, 0.5) is 0 Å². The molecule has 0 radical (unpaired) electrons. The molecule has 4 rings (SSSR count). The summed E-state index contributed by atoms with van der Waals surface area (Å²) in [5, 5.41) is 1.38. The normalized spacial score (nSPS) is 16.5. The Labute approximate surface area is 162 Å². The predicted molar refractivity (Wildman–Crippen MR) is 110 cm³/mol. The molecular weight excluding hydrogens is 390 g/mol. The highest BCUT2D eigenvalue weighted by Crippen LogP contribution is 2.40. The number of aromatic nitrogens is 1. The molecule has 2 aromatic carbocycles. The number of aryl methyl sites for hydroxylation is 2. The van der Waals surface area contributed by atoms with E-state index in [1.807, 2.05) is 6.07 Å². The number of aromatic amines is 1. The van der Waals surface area contributed by atoms with Crippen LogP contribution in [0.25, 0.3) is 10.9 Å². The van der Waals surface area contributed by atoms with Gasteiger partial charge in [-0.15, -0.1) is 0 Å². The van der Waals surface area contributed by atoms with Gasteiger partial charge in [-0.25, -0.2) is 0 Å². The van der Waals surface area contributed by atoms with Crippen LogP contribution in [0.3, 0.4) is 0 Å². The van der Waals surface area contributed by atoms with Crippen LogP contribution >= 0.6 is 15.9 Å². The summed E-state index contributed by atoms with van der Waals surface area (Å²) in [5.74, 6) is 2.10. The smallest absolute Gasteiger partial charge is 0.160 e. The van der Waals surface area contributed by atoms with Gasteiger partial charge in [-0.2, -0.15) is 0 Å². The summed E-state index contributed by atoms with van der Waals surface area (Å²) in [6, 6.07) is 10.8. The minimum atomic E-state index is 0.511. The number of halogens is 1. The number of rotatable bonds is 4. The van der Waals surface area contributed by atoms with E-state index in [1.165, 1.54) is 46.1 Å². The van der Waals surface area contributed by atoms with E-state index in [0.29, 0.717) is 5.92 Å². The van der Waals surface area contributed by atoms with Crippen molar-refractivity contribution in [3.05, 3.63) is 57.2 Å². The van der Waals surface area contributed by atoms with Crippen LogP contribution < -0.4 is 9.47 Å². The van der Waals surface area contributed by atoms with E-state index < -0.39 is 0 Å². The summed E-state index contributed by atoms with van der Waals surface area (Å²) in [7, 11) is 3.37. The number of benzene rings is 2. The molecule has 0 saturated heterocycles. The summed E-state index contributed by atoms with van der Waals surface area (Å²) in [6.45, 7) is 2.16. The van der Waals surface area contributed by atoms with E-state index >= 15 is 0 Å². The molecule has 0 bridgehead atoms. The van der Waals surface area contributed by atoms with Crippen molar-refractivity contribution in [3.8, 4) is 11.5 Å². The van der Waals surface area contributed by atoms with Crippen LogP contribution in [-0.4, -0.2) is 19.2 Å². The third-order valence-corrected chi connectivity index (χ3v) is 6.09. The van der Waals surface area contributed by atoms with Crippen molar-refractivity contribution < 1.29 is 9.47 Å². The molecular formula is C22H24BrNO2. The van der Waals surface area contributed by atoms with Crippen molar-refractivity contribution in [1.29, 1.82) is 0 Å². The number of hydrogen-bond acceptors (Lipinski definition) is 2. The molecule has 0 aliphatic heterocycles. The number of methoxy groups -OCH3 is 2. The first-order valence-electron chi connectivity index (χ1n) is 9.12. The Morgan fingerprint density at radius 3 is 2.69 bits per heavy atom. The van der Waals surface area contributed by atoms with Crippen LogP contribution in [0, 0.1) is 6.92 Å². The maximum Gasteiger partial charge on any atom is 0.160 e. The van der Waals surface area contributed by atoms with Gasteiger partial charge >= 0.3 is 0 Å². The lowest BCUT2D eigenvalue weighted by Gasteiger charge is -2.23. The maximum absolute atomic E-state index is 5.47. The van der Waals surface area contributed by atoms with Gasteiger partial charge in [0.15, 0.2) is 11.5 Å². The Morgan fingerprint density at radius 2 is 1.92 bits per heavy atom. The van der Waals surface area contributed by atoms with Crippen LogP contribution in [0.5, 0.6) is 11.5 Å². The van der Waals surface area contributed by atoms with Gasteiger partial charge in [0.05, 0.1) is 19.7 Å². The lowest BCUT2D eigenvalue weighted by Crippen LogP contribution is -2.11. The van der Waals surface area contributed by atoms with E-state index in [2.05, 4.69) is 52.1 Å². The number of nitrogens with one attached hydrogen (secondary N) is 1. The molecule has 0 fully saturated rings. The summed E-state index contributed by atoms with van der Waals surface area (Å²) in [4.78, 5) is 3.73. The summed E-state index contributed by atoms with van der Waals surface area (Å²) < 4.78 is 12.0. The zero-order chi connectivity index (χ0) is 18.3. The second kappa shape index (κ2) is 6.99. The molecule has 0 saturated carbocycles. The first-order valence-corrected chi connectivity index (χ1v) is 9.91. The second-order valence-corrected chi connectivity index (χ2v) is 8.02. The van der Waals surface area contributed by atoms with E-state index in [9.17, 15) is 0 Å². The fourth-order valence-corrected chi connectivity index (χ4v) is 4.92. The molecule has 1 unspecified atom stereocenters. The van der Waals surface area contributed by atoms with Gasteiger partial charge in [0.2, 0.25) is 0 Å². The molecule has 0 spiro atoms. The van der Waals surface area contributed by atoms with Gasteiger partial charge < -0.3 is 14.5 Å². The maximum atomic E-state index is 5.47. The van der Waals surface area contributed by atoms with Gasteiger partial charge in [0.25, 0.3) is 0 Å². The van der Waals surface area contributed by atoms with Gasteiger partial charge in [-0.3, -0.25) is 0 Å². The van der Waals surface area contributed by atoms with E-state index in [0.717, 1.165) is 28.8 Å². The molecule has 1 aliphatic rings. The molecule has 1 atom stereocenters. The summed E-state index contributed by atoms with van der Waals surface area (Å²) in [6.07, 6.45) is 4.62. The molecule has 1 aromatic heterocycles. The predicted octanol–water partition coefficient (Wildman–Crippen LogP) is 5.92. The van der Waals surface area contributed by atoms with E-state index in [-0.39, 0.29) is 0 Å². The van der Waals surface area contributed by atoms with Crippen LogP contribution in [0.15, 0.2) is 34.8 Å². The summed E-state index contributed by atoms with van der Waals surface area (Å²) in [5.41, 5.74) is 6.73. The Morgan fingerprint density at radius 1 is 1.12 bits per heavy atom. The van der Waals surface area contributed by atoms with Crippen LogP contribution in [-0.2, 0) is 12.8 Å². The Bertz CT molecular complexity index is 960. The molecule has 3 nitrogen and oxygen atoms in total. The number of hydrogen-bond donors (Lipinski definition) is 1. The number of H-pyrrole nitrogens is 1. The fraction of sp³-hybridized carbons (Fsp3) is 0.364. The fourth-order valence-electron chi connectivity index (χ4n) is 4.25. The highest BCUT2D eigenvalue weighted by Gasteiger charge is 2.25.